The number of rotatable bonds is 7. The van der Waals surface area contributed by atoms with Gasteiger partial charge in [-0.05, 0) is 13.3 Å². The van der Waals surface area contributed by atoms with Crippen LogP contribution >= 0.6 is 0 Å². The van der Waals surface area contributed by atoms with Crippen molar-refractivity contribution < 1.29 is 17.9 Å². The van der Waals surface area contributed by atoms with E-state index < -0.39 is 16.0 Å². The van der Waals surface area contributed by atoms with Gasteiger partial charge in [-0.1, -0.05) is 6.92 Å². The lowest BCUT2D eigenvalue weighted by Gasteiger charge is -2.19. The molecule has 1 heterocycles. The number of esters is 1. The second kappa shape index (κ2) is 6.67. The van der Waals surface area contributed by atoms with Gasteiger partial charge in [0.15, 0.2) is 5.03 Å². The third-order valence-corrected chi connectivity index (χ3v) is 4.10. The van der Waals surface area contributed by atoms with Crippen LogP contribution in [0.2, 0.25) is 0 Å². The van der Waals surface area contributed by atoms with Gasteiger partial charge in [0.05, 0.1) is 12.9 Å². The fourth-order valence-electron chi connectivity index (χ4n) is 1.54. The summed E-state index contributed by atoms with van der Waals surface area (Å²) < 4.78 is 32.1. The smallest absolute Gasteiger partial charge is 0.321 e. The zero-order valence-corrected chi connectivity index (χ0v) is 12.2. The van der Waals surface area contributed by atoms with Crippen LogP contribution in [0, 0.1) is 0 Å². The zero-order chi connectivity index (χ0) is 14.5. The van der Waals surface area contributed by atoms with Crippen LogP contribution in [0.1, 0.15) is 20.3 Å². The van der Waals surface area contributed by atoms with E-state index in [1.807, 2.05) is 6.92 Å². The molecule has 0 saturated carbocycles. The third kappa shape index (κ3) is 4.03. The van der Waals surface area contributed by atoms with Gasteiger partial charge in [-0.25, -0.2) is 13.4 Å². The maximum atomic E-state index is 12.3. The molecule has 0 atom stereocenters. The zero-order valence-electron chi connectivity index (χ0n) is 11.4. The van der Waals surface area contributed by atoms with E-state index >= 15 is 0 Å². The Labute approximate surface area is 113 Å². The molecule has 19 heavy (non-hydrogen) atoms. The lowest BCUT2D eigenvalue weighted by atomic mass is 10.5. The van der Waals surface area contributed by atoms with Crippen LogP contribution < -0.4 is 0 Å². The standard InChI is InChI=1S/C11H19N3O4S/c1-4-6-14(8-11(15)18-5-2)19(16,17)10-7-13(3)9-12-10/h7,9H,4-6,8H2,1-3H3. The molecule has 108 valence electrons. The minimum Gasteiger partial charge on any atom is -0.465 e. The van der Waals surface area contributed by atoms with E-state index in [0.29, 0.717) is 6.42 Å². The number of carbonyl (C=O) groups is 1. The molecule has 0 spiro atoms. The van der Waals surface area contributed by atoms with E-state index in [9.17, 15) is 13.2 Å². The van der Waals surface area contributed by atoms with E-state index in [2.05, 4.69) is 4.98 Å². The van der Waals surface area contributed by atoms with Gasteiger partial charge in [0.2, 0.25) is 0 Å². The maximum absolute atomic E-state index is 12.3. The predicted molar refractivity (Wildman–Crippen MR) is 68.9 cm³/mol. The van der Waals surface area contributed by atoms with E-state index in [1.165, 1.54) is 12.5 Å². The van der Waals surface area contributed by atoms with Crippen molar-refractivity contribution >= 4 is 16.0 Å². The van der Waals surface area contributed by atoms with Crippen molar-refractivity contribution in [2.45, 2.75) is 25.3 Å². The van der Waals surface area contributed by atoms with Crippen LogP contribution in [0.3, 0.4) is 0 Å². The Bertz CT molecular complexity index is 524. The summed E-state index contributed by atoms with van der Waals surface area (Å²) in [7, 11) is -2.07. The molecule has 0 fully saturated rings. The Morgan fingerprint density at radius 2 is 2.16 bits per heavy atom. The minimum atomic E-state index is -3.76. The summed E-state index contributed by atoms with van der Waals surface area (Å²) in [4.78, 5) is 15.3. The second-order valence-electron chi connectivity index (χ2n) is 4.02. The van der Waals surface area contributed by atoms with Crippen molar-refractivity contribution in [2.24, 2.45) is 7.05 Å². The lowest BCUT2D eigenvalue weighted by molar-refractivity contribution is -0.143. The van der Waals surface area contributed by atoms with Crippen LogP contribution in [-0.4, -0.2) is 47.9 Å². The first kappa shape index (κ1) is 15.6. The first-order chi connectivity index (χ1) is 8.91. The van der Waals surface area contributed by atoms with Crippen molar-refractivity contribution in [2.75, 3.05) is 19.7 Å². The highest BCUT2D eigenvalue weighted by Gasteiger charge is 2.28. The van der Waals surface area contributed by atoms with Gasteiger partial charge < -0.3 is 9.30 Å². The van der Waals surface area contributed by atoms with Crippen molar-refractivity contribution in [1.82, 2.24) is 13.9 Å². The average Bonchev–Trinajstić information content (AvgIpc) is 2.76. The van der Waals surface area contributed by atoms with Gasteiger partial charge in [-0.15, -0.1) is 0 Å². The molecule has 0 aliphatic heterocycles. The van der Waals surface area contributed by atoms with Crippen LogP contribution in [0.5, 0.6) is 0 Å². The first-order valence-corrected chi connectivity index (χ1v) is 7.49. The molecule has 7 nitrogen and oxygen atoms in total. The Kier molecular flexibility index (Phi) is 5.49. The number of ether oxygens (including phenoxy) is 1. The van der Waals surface area contributed by atoms with Gasteiger partial charge in [0.25, 0.3) is 10.0 Å². The molecule has 0 saturated heterocycles. The summed E-state index contributed by atoms with van der Waals surface area (Å²) in [6, 6.07) is 0. The van der Waals surface area contributed by atoms with E-state index in [4.69, 9.17) is 4.74 Å². The normalized spacial score (nSPS) is 11.8. The Hall–Kier alpha value is -1.41. The fraction of sp³-hybridized carbons (Fsp3) is 0.636. The summed E-state index contributed by atoms with van der Waals surface area (Å²) in [5.41, 5.74) is 0. The summed E-state index contributed by atoms with van der Waals surface area (Å²) in [5.74, 6) is -0.560. The van der Waals surface area contributed by atoms with Crippen molar-refractivity contribution in [3.05, 3.63) is 12.5 Å². The van der Waals surface area contributed by atoms with Gasteiger partial charge in [-0.3, -0.25) is 4.79 Å². The molecular weight excluding hydrogens is 270 g/mol. The van der Waals surface area contributed by atoms with Gasteiger partial charge in [0.1, 0.15) is 6.54 Å². The quantitative estimate of drug-likeness (QED) is 0.678. The number of sulfonamides is 1. The second-order valence-corrected chi connectivity index (χ2v) is 5.91. The van der Waals surface area contributed by atoms with Gasteiger partial charge >= 0.3 is 5.97 Å². The summed E-state index contributed by atoms with van der Waals surface area (Å²) in [6.07, 6.45) is 3.41. The highest BCUT2D eigenvalue weighted by atomic mass is 32.2. The van der Waals surface area contributed by atoms with Crippen LogP contribution in [0.15, 0.2) is 17.6 Å². The molecule has 0 radical (unpaired) electrons. The Balaban J connectivity index is 2.94. The van der Waals surface area contributed by atoms with Crippen molar-refractivity contribution in [3.8, 4) is 0 Å². The van der Waals surface area contributed by atoms with Gasteiger partial charge in [0, 0.05) is 19.8 Å². The first-order valence-electron chi connectivity index (χ1n) is 6.05. The third-order valence-electron chi connectivity index (χ3n) is 2.37. The van der Waals surface area contributed by atoms with E-state index in [-0.39, 0.29) is 24.7 Å². The predicted octanol–water partition coefficient (Wildman–Crippen LogP) is 0.384. The molecule has 1 aromatic rings. The molecule has 0 bridgehead atoms. The molecule has 0 aromatic carbocycles. The number of imidazole rings is 1. The monoisotopic (exact) mass is 289 g/mol. The van der Waals surface area contributed by atoms with Crippen LogP contribution in [0.4, 0.5) is 0 Å². The molecule has 1 rings (SSSR count). The van der Waals surface area contributed by atoms with Crippen molar-refractivity contribution in [1.29, 1.82) is 0 Å². The lowest BCUT2D eigenvalue weighted by Crippen LogP contribution is -2.37. The number of hydrogen-bond donors (Lipinski definition) is 0. The topological polar surface area (TPSA) is 81.5 Å². The summed E-state index contributed by atoms with van der Waals surface area (Å²) >= 11 is 0. The number of aryl methyl sites for hydroxylation is 1. The van der Waals surface area contributed by atoms with Gasteiger partial charge in [-0.2, -0.15) is 4.31 Å². The number of aromatic nitrogens is 2. The Morgan fingerprint density at radius 1 is 1.47 bits per heavy atom. The summed E-state index contributed by atoms with van der Waals surface area (Å²) in [5, 5.41) is -0.0623. The number of hydrogen-bond acceptors (Lipinski definition) is 5. The molecular formula is C11H19N3O4S. The fourth-order valence-corrected chi connectivity index (χ4v) is 2.98. The van der Waals surface area contributed by atoms with Crippen molar-refractivity contribution in [3.63, 3.8) is 0 Å². The molecule has 1 aromatic heterocycles. The molecule has 0 unspecified atom stereocenters. The minimum absolute atomic E-state index is 0.0623. The number of carbonyl (C=O) groups excluding carboxylic acids is 1. The number of nitrogens with zero attached hydrogens (tertiary/aromatic N) is 3. The summed E-state index contributed by atoms with van der Waals surface area (Å²) in [6.45, 7) is 3.70. The molecule has 0 N–H and O–H groups in total. The molecule has 0 aliphatic rings. The highest BCUT2D eigenvalue weighted by Crippen LogP contribution is 2.13. The SMILES string of the molecule is CCCN(CC(=O)OCC)S(=O)(=O)c1cn(C)cn1. The molecule has 8 heteroatoms. The average molecular weight is 289 g/mol. The Morgan fingerprint density at radius 3 is 2.63 bits per heavy atom. The molecule has 0 amide bonds. The maximum Gasteiger partial charge on any atom is 0.321 e. The highest BCUT2D eigenvalue weighted by molar-refractivity contribution is 7.89. The van der Waals surface area contributed by atoms with Crippen LogP contribution in [-0.2, 0) is 26.6 Å². The van der Waals surface area contributed by atoms with E-state index in [1.54, 1.807) is 18.5 Å². The van der Waals surface area contributed by atoms with Crippen LogP contribution in [0.25, 0.3) is 0 Å². The van der Waals surface area contributed by atoms with E-state index in [0.717, 1.165) is 4.31 Å². The molecule has 0 aliphatic carbocycles. The largest absolute Gasteiger partial charge is 0.465 e.